The van der Waals surface area contributed by atoms with E-state index in [0.717, 1.165) is 5.69 Å². The Morgan fingerprint density at radius 2 is 2.17 bits per heavy atom. The molecule has 1 aromatic rings. The van der Waals surface area contributed by atoms with Crippen molar-refractivity contribution in [2.75, 3.05) is 20.2 Å². The SMILES string of the molecule is CCOC(=O)CN(C)C(=O)CCc1ccccn1. The first-order valence-electron chi connectivity index (χ1n) is 5.93. The van der Waals surface area contributed by atoms with Crippen LogP contribution in [0.15, 0.2) is 24.4 Å². The molecule has 1 aromatic heterocycles. The van der Waals surface area contributed by atoms with E-state index in [-0.39, 0.29) is 18.4 Å². The third-order valence-electron chi connectivity index (χ3n) is 2.42. The van der Waals surface area contributed by atoms with Gasteiger partial charge in [0.05, 0.1) is 6.61 Å². The third-order valence-corrected chi connectivity index (χ3v) is 2.42. The number of aryl methyl sites for hydroxylation is 1. The van der Waals surface area contributed by atoms with E-state index >= 15 is 0 Å². The minimum atomic E-state index is -0.383. The number of pyridine rings is 1. The lowest BCUT2D eigenvalue weighted by atomic mass is 10.2. The topological polar surface area (TPSA) is 59.5 Å². The van der Waals surface area contributed by atoms with Crippen LogP contribution in [-0.2, 0) is 20.7 Å². The van der Waals surface area contributed by atoms with Crippen molar-refractivity contribution in [2.45, 2.75) is 19.8 Å². The molecule has 5 nitrogen and oxygen atoms in total. The molecule has 0 saturated heterocycles. The van der Waals surface area contributed by atoms with Crippen molar-refractivity contribution in [3.63, 3.8) is 0 Å². The van der Waals surface area contributed by atoms with Crippen LogP contribution in [0.25, 0.3) is 0 Å². The Balaban J connectivity index is 2.34. The van der Waals surface area contributed by atoms with Crippen LogP contribution in [-0.4, -0.2) is 42.0 Å². The third kappa shape index (κ3) is 4.95. The van der Waals surface area contributed by atoms with Gasteiger partial charge in [0.2, 0.25) is 5.91 Å². The Hall–Kier alpha value is -1.91. The molecule has 1 amide bonds. The summed E-state index contributed by atoms with van der Waals surface area (Å²) in [4.78, 5) is 28.5. The molecule has 1 heterocycles. The highest BCUT2D eigenvalue weighted by Crippen LogP contribution is 2.01. The molecule has 18 heavy (non-hydrogen) atoms. The first kappa shape index (κ1) is 14.2. The van der Waals surface area contributed by atoms with Crippen LogP contribution < -0.4 is 0 Å². The molecule has 0 aliphatic heterocycles. The maximum absolute atomic E-state index is 11.7. The van der Waals surface area contributed by atoms with E-state index in [2.05, 4.69) is 4.98 Å². The molecule has 0 fully saturated rings. The highest BCUT2D eigenvalue weighted by atomic mass is 16.5. The van der Waals surface area contributed by atoms with Crippen molar-refractivity contribution < 1.29 is 14.3 Å². The molecule has 0 bridgehead atoms. The zero-order valence-corrected chi connectivity index (χ0v) is 10.8. The average molecular weight is 250 g/mol. The van der Waals surface area contributed by atoms with Crippen molar-refractivity contribution in [1.29, 1.82) is 0 Å². The Bertz CT molecular complexity index is 392. The van der Waals surface area contributed by atoms with E-state index in [1.807, 2.05) is 18.2 Å². The van der Waals surface area contributed by atoms with E-state index in [4.69, 9.17) is 4.74 Å². The summed E-state index contributed by atoms with van der Waals surface area (Å²) in [6, 6.07) is 5.59. The lowest BCUT2D eigenvalue weighted by Crippen LogP contribution is -2.33. The minimum absolute atomic E-state index is 0.00507. The highest BCUT2D eigenvalue weighted by Gasteiger charge is 2.13. The van der Waals surface area contributed by atoms with Crippen LogP contribution in [0.4, 0.5) is 0 Å². The molecule has 98 valence electrons. The first-order valence-corrected chi connectivity index (χ1v) is 5.93. The summed E-state index contributed by atoms with van der Waals surface area (Å²) in [6.07, 6.45) is 2.61. The second-order valence-electron chi connectivity index (χ2n) is 3.88. The van der Waals surface area contributed by atoms with Crippen molar-refractivity contribution in [1.82, 2.24) is 9.88 Å². The zero-order chi connectivity index (χ0) is 13.4. The first-order chi connectivity index (χ1) is 8.63. The molecule has 1 rings (SSSR count). The number of amides is 1. The van der Waals surface area contributed by atoms with E-state index in [0.29, 0.717) is 19.4 Å². The molecule has 0 N–H and O–H groups in total. The van der Waals surface area contributed by atoms with E-state index in [1.54, 1.807) is 20.2 Å². The second-order valence-corrected chi connectivity index (χ2v) is 3.88. The van der Waals surface area contributed by atoms with Gasteiger partial charge in [-0.2, -0.15) is 0 Å². The molecule has 0 saturated carbocycles. The summed E-state index contributed by atoms with van der Waals surface area (Å²) >= 11 is 0. The number of hydrogen-bond donors (Lipinski definition) is 0. The molecular formula is C13H18N2O3. The lowest BCUT2D eigenvalue weighted by molar-refractivity contribution is -0.148. The molecule has 5 heteroatoms. The van der Waals surface area contributed by atoms with Gasteiger partial charge in [-0.15, -0.1) is 0 Å². The number of aromatic nitrogens is 1. The smallest absolute Gasteiger partial charge is 0.325 e. The Kier molecular flexibility index (Phi) is 5.84. The number of esters is 1. The monoisotopic (exact) mass is 250 g/mol. The van der Waals surface area contributed by atoms with Gasteiger partial charge in [-0.1, -0.05) is 6.07 Å². The Labute approximate surface area is 107 Å². The fourth-order valence-corrected chi connectivity index (χ4v) is 1.46. The van der Waals surface area contributed by atoms with Crippen LogP contribution in [0.1, 0.15) is 19.0 Å². The molecular weight excluding hydrogens is 232 g/mol. The molecule has 0 atom stereocenters. The van der Waals surface area contributed by atoms with Gasteiger partial charge < -0.3 is 9.64 Å². The fourth-order valence-electron chi connectivity index (χ4n) is 1.46. The van der Waals surface area contributed by atoms with E-state index in [9.17, 15) is 9.59 Å². The summed E-state index contributed by atoms with van der Waals surface area (Å²) in [5.41, 5.74) is 0.871. The zero-order valence-electron chi connectivity index (χ0n) is 10.8. The number of likely N-dealkylation sites (N-methyl/N-ethyl adjacent to an activating group) is 1. The lowest BCUT2D eigenvalue weighted by Gasteiger charge is -2.15. The summed E-state index contributed by atoms with van der Waals surface area (Å²) in [6.45, 7) is 2.06. The summed E-state index contributed by atoms with van der Waals surface area (Å²) in [7, 11) is 1.59. The maximum Gasteiger partial charge on any atom is 0.325 e. The number of nitrogens with zero attached hydrogens (tertiary/aromatic N) is 2. The Morgan fingerprint density at radius 1 is 1.39 bits per heavy atom. The van der Waals surface area contributed by atoms with Crippen LogP contribution in [0.3, 0.4) is 0 Å². The number of hydrogen-bond acceptors (Lipinski definition) is 4. The normalized spacial score (nSPS) is 9.89. The molecule has 0 radical (unpaired) electrons. The molecule has 0 aromatic carbocycles. The summed E-state index contributed by atoms with van der Waals surface area (Å²) in [5.74, 6) is -0.472. The average Bonchev–Trinajstić information content (AvgIpc) is 2.37. The standard InChI is InChI=1S/C13H18N2O3/c1-3-18-13(17)10-15(2)12(16)8-7-11-6-4-5-9-14-11/h4-6,9H,3,7-8,10H2,1-2H3. The summed E-state index contributed by atoms with van der Waals surface area (Å²) in [5, 5.41) is 0. The largest absolute Gasteiger partial charge is 0.465 e. The van der Waals surface area contributed by atoms with Crippen molar-refractivity contribution >= 4 is 11.9 Å². The van der Waals surface area contributed by atoms with E-state index in [1.165, 1.54) is 4.90 Å². The van der Waals surface area contributed by atoms with Gasteiger partial charge in [0.1, 0.15) is 6.54 Å². The van der Waals surface area contributed by atoms with Gasteiger partial charge >= 0.3 is 5.97 Å². The van der Waals surface area contributed by atoms with Crippen LogP contribution in [0.5, 0.6) is 0 Å². The fraction of sp³-hybridized carbons (Fsp3) is 0.462. The van der Waals surface area contributed by atoms with Crippen molar-refractivity contribution in [3.05, 3.63) is 30.1 Å². The molecule has 0 spiro atoms. The van der Waals surface area contributed by atoms with Gasteiger partial charge in [-0.05, 0) is 25.5 Å². The second kappa shape index (κ2) is 7.42. The minimum Gasteiger partial charge on any atom is -0.465 e. The van der Waals surface area contributed by atoms with Crippen molar-refractivity contribution in [3.8, 4) is 0 Å². The van der Waals surface area contributed by atoms with Crippen molar-refractivity contribution in [2.24, 2.45) is 0 Å². The van der Waals surface area contributed by atoms with Gasteiger partial charge in [0.25, 0.3) is 0 Å². The van der Waals surface area contributed by atoms with E-state index < -0.39 is 0 Å². The molecule has 0 unspecified atom stereocenters. The quantitative estimate of drug-likeness (QED) is 0.708. The van der Waals surface area contributed by atoms with Gasteiger partial charge in [0.15, 0.2) is 0 Å². The number of carbonyl (C=O) groups is 2. The number of ether oxygens (including phenoxy) is 1. The Morgan fingerprint density at radius 3 is 2.78 bits per heavy atom. The highest BCUT2D eigenvalue weighted by molar-refractivity contribution is 5.81. The van der Waals surface area contributed by atoms with Crippen LogP contribution in [0, 0.1) is 0 Å². The summed E-state index contributed by atoms with van der Waals surface area (Å²) < 4.78 is 4.78. The number of carbonyl (C=O) groups excluding carboxylic acids is 2. The van der Waals surface area contributed by atoms with Crippen LogP contribution in [0.2, 0.25) is 0 Å². The van der Waals surface area contributed by atoms with Gasteiger partial charge in [-0.25, -0.2) is 0 Å². The number of rotatable bonds is 6. The van der Waals surface area contributed by atoms with Gasteiger partial charge in [-0.3, -0.25) is 14.6 Å². The maximum atomic E-state index is 11.7. The van der Waals surface area contributed by atoms with Gasteiger partial charge in [0, 0.05) is 25.4 Å². The van der Waals surface area contributed by atoms with Crippen LogP contribution >= 0.6 is 0 Å². The molecule has 0 aliphatic rings. The molecule has 0 aliphatic carbocycles. The predicted molar refractivity (Wildman–Crippen MR) is 66.8 cm³/mol. The predicted octanol–water partition coefficient (Wildman–Crippen LogP) is 1.04.